The van der Waals surface area contributed by atoms with Crippen molar-refractivity contribution in [3.8, 4) is 5.69 Å². The van der Waals surface area contributed by atoms with E-state index in [1.54, 1.807) is 24.3 Å². The molecule has 2 aliphatic heterocycles. The number of carbonyl (C=O) groups excluding carboxylic acids is 1. The maximum Gasteiger partial charge on any atom is 0.352 e. The number of hydrogen-bond donors (Lipinski definition) is 0. The zero-order valence-electron chi connectivity index (χ0n) is 12.9. The third-order valence-electron chi connectivity index (χ3n) is 5.49. The Morgan fingerprint density at radius 2 is 1.50 bits per heavy atom. The lowest BCUT2D eigenvalue weighted by Gasteiger charge is -2.32. The highest BCUT2D eigenvalue weighted by Gasteiger charge is 2.67. The molecule has 4 atom stereocenters. The molecule has 0 radical (unpaired) electrons. The van der Waals surface area contributed by atoms with Crippen LogP contribution >= 0.6 is 0 Å². The van der Waals surface area contributed by atoms with E-state index in [4.69, 9.17) is 4.74 Å². The predicted molar refractivity (Wildman–Crippen MR) is 84.0 cm³/mol. The number of benzene rings is 1. The maximum atomic E-state index is 12.9. The van der Waals surface area contributed by atoms with Crippen molar-refractivity contribution in [2.24, 2.45) is 17.8 Å². The van der Waals surface area contributed by atoms with Gasteiger partial charge in [-0.2, -0.15) is 0 Å². The van der Waals surface area contributed by atoms with E-state index in [1.165, 1.54) is 21.0 Å². The van der Waals surface area contributed by atoms with Crippen LogP contribution in [0.3, 0.4) is 0 Å². The van der Waals surface area contributed by atoms with Crippen LogP contribution < -0.4 is 11.4 Å². The minimum Gasteiger partial charge on any atom is -0.469 e. The summed E-state index contributed by atoms with van der Waals surface area (Å²) in [5, 5.41) is 0. The molecule has 7 nitrogen and oxygen atoms in total. The average molecular weight is 325 g/mol. The van der Waals surface area contributed by atoms with Gasteiger partial charge in [0.25, 0.3) is 0 Å². The maximum absolute atomic E-state index is 12.9. The van der Waals surface area contributed by atoms with Gasteiger partial charge in [-0.1, -0.05) is 30.4 Å². The van der Waals surface area contributed by atoms with Crippen LogP contribution in [0.2, 0.25) is 0 Å². The van der Waals surface area contributed by atoms with E-state index in [0.29, 0.717) is 5.69 Å². The number of methoxy groups -OCH3 is 1. The molecule has 0 N–H and O–H groups in total. The number of ether oxygens (including phenoxy) is 1. The van der Waals surface area contributed by atoms with Crippen LogP contribution in [0.5, 0.6) is 0 Å². The van der Waals surface area contributed by atoms with E-state index in [-0.39, 0.29) is 47.2 Å². The van der Waals surface area contributed by atoms with E-state index in [2.05, 4.69) is 0 Å². The molecule has 6 rings (SSSR count). The minimum absolute atomic E-state index is 0.0381. The van der Waals surface area contributed by atoms with Crippen molar-refractivity contribution in [2.45, 2.75) is 12.1 Å². The molecule has 1 saturated carbocycles. The van der Waals surface area contributed by atoms with Crippen molar-refractivity contribution in [1.82, 2.24) is 13.9 Å². The fourth-order valence-corrected chi connectivity index (χ4v) is 4.47. The Hall–Kier alpha value is -2.83. The van der Waals surface area contributed by atoms with Gasteiger partial charge in [0.1, 0.15) is 0 Å². The molecule has 2 bridgehead atoms. The summed E-state index contributed by atoms with van der Waals surface area (Å²) in [4.78, 5) is 37.7. The highest BCUT2D eigenvalue weighted by atomic mass is 16.5. The van der Waals surface area contributed by atoms with Crippen LogP contribution in [0.4, 0.5) is 0 Å². The Kier molecular flexibility index (Phi) is 2.48. The lowest BCUT2D eigenvalue weighted by Crippen LogP contribution is -2.40. The molecule has 24 heavy (non-hydrogen) atoms. The molecule has 4 aliphatic rings. The van der Waals surface area contributed by atoms with Gasteiger partial charge in [0, 0.05) is 11.8 Å². The second kappa shape index (κ2) is 4.37. The van der Waals surface area contributed by atoms with Crippen LogP contribution in [-0.2, 0) is 9.53 Å². The average Bonchev–Trinajstić information content (AvgIpc) is 3.33. The Morgan fingerprint density at radius 1 is 0.958 bits per heavy atom. The van der Waals surface area contributed by atoms with Gasteiger partial charge >= 0.3 is 17.3 Å². The van der Waals surface area contributed by atoms with Crippen LogP contribution in [-0.4, -0.2) is 27.0 Å². The van der Waals surface area contributed by atoms with Gasteiger partial charge in [0.15, 0.2) is 0 Å². The second-order valence-corrected chi connectivity index (χ2v) is 6.49. The van der Waals surface area contributed by atoms with Gasteiger partial charge in [-0.3, -0.25) is 4.79 Å². The third-order valence-corrected chi connectivity index (χ3v) is 5.49. The summed E-state index contributed by atoms with van der Waals surface area (Å²) in [6.45, 7) is 0. The summed E-state index contributed by atoms with van der Waals surface area (Å²) in [6, 6.07) is 8.36. The van der Waals surface area contributed by atoms with E-state index in [1.807, 2.05) is 18.2 Å². The molecule has 0 spiro atoms. The molecule has 1 aromatic carbocycles. The van der Waals surface area contributed by atoms with Crippen molar-refractivity contribution < 1.29 is 9.53 Å². The number of nitrogens with zero attached hydrogens (tertiary/aromatic N) is 3. The van der Waals surface area contributed by atoms with E-state index in [9.17, 15) is 14.4 Å². The molecule has 0 amide bonds. The van der Waals surface area contributed by atoms with Crippen molar-refractivity contribution in [1.29, 1.82) is 0 Å². The molecule has 0 saturated heterocycles. The number of rotatable bonds is 2. The zero-order valence-corrected chi connectivity index (χ0v) is 12.9. The molecule has 3 heterocycles. The number of para-hydroxylation sites is 1. The van der Waals surface area contributed by atoms with Gasteiger partial charge in [0.05, 0.1) is 30.8 Å². The minimum atomic E-state index is -0.362. The van der Waals surface area contributed by atoms with E-state index >= 15 is 0 Å². The second-order valence-electron chi connectivity index (χ2n) is 6.49. The van der Waals surface area contributed by atoms with Crippen LogP contribution in [0, 0.1) is 17.8 Å². The standard InChI is InChI=1S/C17H15N3O4/c1-24-15(21)14-12-10-7-8-11(13(12)14)20-17(23)18(16(22)19(10)20)9-5-3-2-4-6-9/h2-8,10-14H,1H3. The summed E-state index contributed by atoms with van der Waals surface area (Å²) in [6.07, 6.45) is 3.87. The topological polar surface area (TPSA) is 75.2 Å². The Labute approximate surface area is 136 Å². The molecular weight excluding hydrogens is 310 g/mol. The van der Waals surface area contributed by atoms with Gasteiger partial charge in [-0.25, -0.2) is 23.5 Å². The van der Waals surface area contributed by atoms with Gasteiger partial charge in [-0.15, -0.1) is 0 Å². The fourth-order valence-electron chi connectivity index (χ4n) is 4.47. The Balaban J connectivity index is 1.69. The molecule has 2 aromatic rings. The first-order valence-electron chi connectivity index (χ1n) is 7.93. The zero-order chi connectivity index (χ0) is 16.6. The summed E-state index contributed by atoms with van der Waals surface area (Å²) < 4.78 is 9.08. The SMILES string of the molecule is COC(=O)C1C2C1C1C=CC2n2c(=O)n(-c3ccccc3)c(=O)n21. The normalized spacial score (nSPS) is 31.5. The first-order chi connectivity index (χ1) is 11.6. The van der Waals surface area contributed by atoms with Gasteiger partial charge in [-0.05, 0) is 12.1 Å². The van der Waals surface area contributed by atoms with Crippen LogP contribution in [0.15, 0.2) is 52.1 Å². The number of carbonyl (C=O) groups is 1. The summed E-state index contributed by atoms with van der Waals surface area (Å²) in [7, 11) is 1.37. The Morgan fingerprint density at radius 3 is 2.00 bits per heavy atom. The van der Waals surface area contributed by atoms with Crippen LogP contribution in [0.25, 0.3) is 5.69 Å². The molecule has 1 aromatic heterocycles. The molecule has 2 aliphatic carbocycles. The first kappa shape index (κ1) is 13.6. The van der Waals surface area contributed by atoms with Crippen LogP contribution in [0.1, 0.15) is 12.1 Å². The monoisotopic (exact) mass is 325 g/mol. The number of esters is 1. The number of hydrogen-bond acceptors (Lipinski definition) is 4. The van der Waals surface area contributed by atoms with Gasteiger partial charge in [0.2, 0.25) is 0 Å². The number of aromatic nitrogens is 3. The predicted octanol–water partition coefficient (Wildman–Crippen LogP) is 0.501. The summed E-state index contributed by atoms with van der Waals surface area (Å²) in [5.41, 5.74) is -0.168. The van der Waals surface area contributed by atoms with Crippen molar-refractivity contribution >= 4 is 5.97 Å². The molecule has 122 valence electrons. The van der Waals surface area contributed by atoms with Crippen molar-refractivity contribution in [2.75, 3.05) is 7.11 Å². The lowest BCUT2D eigenvalue weighted by molar-refractivity contribution is -0.142. The lowest BCUT2D eigenvalue weighted by atomic mass is 9.96. The largest absolute Gasteiger partial charge is 0.469 e. The molecule has 7 heteroatoms. The molecular formula is C17H15N3O4. The smallest absolute Gasteiger partial charge is 0.352 e. The fraction of sp³-hybridized carbons (Fsp3) is 0.353. The Bertz CT molecular complexity index is 946. The molecule has 4 unspecified atom stereocenters. The quantitative estimate of drug-likeness (QED) is 0.595. The van der Waals surface area contributed by atoms with Gasteiger partial charge < -0.3 is 4.74 Å². The van der Waals surface area contributed by atoms with E-state index in [0.717, 1.165) is 0 Å². The highest BCUT2D eigenvalue weighted by molar-refractivity contribution is 5.77. The van der Waals surface area contributed by atoms with E-state index < -0.39 is 0 Å². The summed E-state index contributed by atoms with van der Waals surface area (Å²) in [5.74, 6) is -0.422. The third kappa shape index (κ3) is 1.45. The molecule has 1 fully saturated rings. The summed E-state index contributed by atoms with van der Waals surface area (Å²) >= 11 is 0. The highest BCUT2D eigenvalue weighted by Crippen LogP contribution is 2.63. The number of allylic oxidation sites excluding steroid dienone is 2. The van der Waals surface area contributed by atoms with Crippen molar-refractivity contribution in [3.05, 3.63) is 63.5 Å². The first-order valence-corrected chi connectivity index (χ1v) is 7.93. The van der Waals surface area contributed by atoms with Crippen molar-refractivity contribution in [3.63, 3.8) is 0 Å².